The van der Waals surface area contributed by atoms with Crippen LogP contribution in [-0.2, 0) is 19.7 Å². The molecule has 0 saturated carbocycles. The fourth-order valence-electron chi connectivity index (χ4n) is 3.39. The molecule has 0 radical (unpaired) electrons. The molecule has 132 valence electrons. The van der Waals surface area contributed by atoms with Gasteiger partial charge in [-0.15, -0.1) is 0 Å². The number of carboxylic acid groups (broad SMARTS) is 1. The monoisotopic (exact) mass is 333 g/mol. The molecule has 0 unspecified atom stereocenters. The van der Waals surface area contributed by atoms with Gasteiger partial charge >= 0.3 is 5.97 Å². The van der Waals surface area contributed by atoms with Crippen LogP contribution in [0.5, 0.6) is 0 Å². The number of nitrogens with one attached hydrogen (secondary N) is 1. The Bertz CT molecular complexity index is 564. The minimum absolute atomic E-state index is 0.000148. The van der Waals surface area contributed by atoms with E-state index in [4.69, 9.17) is 9.84 Å². The van der Waals surface area contributed by atoms with E-state index < -0.39 is 5.97 Å². The van der Waals surface area contributed by atoms with Crippen LogP contribution in [0.3, 0.4) is 0 Å². The highest BCUT2D eigenvalue weighted by atomic mass is 16.5. The van der Waals surface area contributed by atoms with Crippen LogP contribution in [-0.4, -0.2) is 36.7 Å². The quantitative estimate of drug-likeness (QED) is 0.717. The number of rotatable bonds is 8. The lowest BCUT2D eigenvalue weighted by molar-refractivity contribution is -0.137. The first-order chi connectivity index (χ1) is 11.5. The van der Waals surface area contributed by atoms with Crippen LogP contribution in [0.25, 0.3) is 0 Å². The standard InChI is InChI=1S/C19H27NO4/c1-15-6-2-3-7-16(15)19(10-12-24-13-11-19)14-20-17(21)8-4-5-9-18(22)23/h2-3,6-7H,4-5,8-14H2,1H3,(H,20,21)(H,22,23). The van der Waals surface area contributed by atoms with Crippen LogP contribution in [0.4, 0.5) is 0 Å². The summed E-state index contributed by atoms with van der Waals surface area (Å²) >= 11 is 0. The average Bonchev–Trinajstić information content (AvgIpc) is 2.58. The smallest absolute Gasteiger partial charge is 0.303 e. The molecule has 1 aromatic carbocycles. The highest BCUT2D eigenvalue weighted by molar-refractivity contribution is 5.76. The number of benzene rings is 1. The van der Waals surface area contributed by atoms with E-state index in [0.29, 0.717) is 39.0 Å². The van der Waals surface area contributed by atoms with Gasteiger partial charge in [-0.1, -0.05) is 24.3 Å². The van der Waals surface area contributed by atoms with Crippen LogP contribution in [0, 0.1) is 6.92 Å². The Labute approximate surface area is 143 Å². The predicted molar refractivity (Wildman–Crippen MR) is 92.0 cm³/mol. The summed E-state index contributed by atoms with van der Waals surface area (Å²) in [5.74, 6) is -0.809. The number of carboxylic acids is 1. The van der Waals surface area contributed by atoms with Crippen LogP contribution < -0.4 is 5.32 Å². The lowest BCUT2D eigenvalue weighted by Crippen LogP contribution is -2.45. The summed E-state index contributed by atoms with van der Waals surface area (Å²) in [5.41, 5.74) is 2.47. The van der Waals surface area contributed by atoms with Gasteiger partial charge in [0.1, 0.15) is 0 Å². The SMILES string of the molecule is Cc1ccccc1C1(CNC(=O)CCCCC(=O)O)CCOCC1. The minimum atomic E-state index is -0.809. The van der Waals surface area contributed by atoms with Crippen molar-refractivity contribution in [3.8, 4) is 0 Å². The summed E-state index contributed by atoms with van der Waals surface area (Å²) in [7, 11) is 0. The van der Waals surface area contributed by atoms with E-state index in [1.165, 1.54) is 11.1 Å². The third kappa shape index (κ3) is 5.06. The molecule has 0 atom stereocenters. The maximum absolute atomic E-state index is 12.1. The van der Waals surface area contributed by atoms with E-state index in [2.05, 4.69) is 24.4 Å². The van der Waals surface area contributed by atoms with Crippen molar-refractivity contribution >= 4 is 11.9 Å². The van der Waals surface area contributed by atoms with Crippen LogP contribution in [0.2, 0.25) is 0 Å². The maximum atomic E-state index is 12.1. The molecular weight excluding hydrogens is 306 g/mol. The molecule has 5 nitrogen and oxygen atoms in total. The van der Waals surface area contributed by atoms with Gasteiger partial charge in [-0.25, -0.2) is 0 Å². The molecule has 24 heavy (non-hydrogen) atoms. The highest BCUT2D eigenvalue weighted by Crippen LogP contribution is 2.36. The van der Waals surface area contributed by atoms with Gasteiger partial charge in [-0.05, 0) is 43.7 Å². The van der Waals surface area contributed by atoms with Crippen LogP contribution in [0.1, 0.15) is 49.7 Å². The zero-order chi connectivity index (χ0) is 17.4. The first kappa shape index (κ1) is 18.5. The van der Waals surface area contributed by atoms with Gasteiger partial charge in [0.25, 0.3) is 0 Å². The molecule has 0 aliphatic carbocycles. The Morgan fingerprint density at radius 3 is 2.50 bits per heavy atom. The number of aliphatic carboxylic acids is 1. The molecule has 2 N–H and O–H groups in total. The first-order valence-electron chi connectivity index (χ1n) is 8.66. The van der Waals surface area contributed by atoms with Crippen molar-refractivity contribution in [3.05, 3.63) is 35.4 Å². The third-order valence-corrected chi connectivity index (χ3v) is 4.83. The van der Waals surface area contributed by atoms with Gasteiger partial charge in [-0.2, -0.15) is 0 Å². The van der Waals surface area contributed by atoms with E-state index in [-0.39, 0.29) is 17.7 Å². The molecule has 1 saturated heterocycles. The summed E-state index contributed by atoms with van der Waals surface area (Å²) in [6.45, 7) is 4.14. The summed E-state index contributed by atoms with van der Waals surface area (Å²) in [6.07, 6.45) is 3.46. The second kappa shape index (κ2) is 8.83. The Morgan fingerprint density at radius 1 is 1.17 bits per heavy atom. The van der Waals surface area contributed by atoms with Crippen molar-refractivity contribution in [3.63, 3.8) is 0 Å². The average molecular weight is 333 g/mol. The number of ether oxygens (including phenoxy) is 1. The van der Waals surface area contributed by atoms with Crippen molar-refractivity contribution in [2.24, 2.45) is 0 Å². The molecule has 1 amide bonds. The fourth-order valence-corrected chi connectivity index (χ4v) is 3.39. The lowest BCUT2D eigenvalue weighted by atomic mass is 9.72. The van der Waals surface area contributed by atoms with Gasteiger partial charge in [0.15, 0.2) is 0 Å². The highest BCUT2D eigenvalue weighted by Gasteiger charge is 2.35. The zero-order valence-corrected chi connectivity index (χ0v) is 14.3. The van der Waals surface area contributed by atoms with Crippen molar-refractivity contribution in [1.29, 1.82) is 0 Å². The topological polar surface area (TPSA) is 75.6 Å². The maximum Gasteiger partial charge on any atom is 0.303 e. The molecular formula is C19H27NO4. The van der Waals surface area contributed by atoms with E-state index in [1.807, 2.05) is 12.1 Å². The number of hydrogen-bond donors (Lipinski definition) is 2. The summed E-state index contributed by atoms with van der Waals surface area (Å²) in [5, 5.41) is 11.7. The van der Waals surface area contributed by atoms with Crippen LogP contribution >= 0.6 is 0 Å². The van der Waals surface area contributed by atoms with Gasteiger partial charge < -0.3 is 15.2 Å². The number of hydrogen-bond acceptors (Lipinski definition) is 3. The molecule has 2 rings (SSSR count). The Hall–Kier alpha value is -1.88. The molecule has 0 aromatic heterocycles. The molecule has 1 aliphatic heterocycles. The molecule has 0 spiro atoms. The molecule has 1 heterocycles. The summed E-state index contributed by atoms with van der Waals surface area (Å²) in [6, 6.07) is 8.35. The minimum Gasteiger partial charge on any atom is -0.481 e. The van der Waals surface area contributed by atoms with Gasteiger partial charge in [0.05, 0.1) is 0 Å². The molecule has 1 aromatic rings. The van der Waals surface area contributed by atoms with Crippen molar-refractivity contribution < 1.29 is 19.4 Å². The molecule has 5 heteroatoms. The number of amides is 1. The van der Waals surface area contributed by atoms with Crippen molar-refractivity contribution in [1.82, 2.24) is 5.32 Å². The third-order valence-electron chi connectivity index (χ3n) is 4.83. The molecule has 1 fully saturated rings. The Morgan fingerprint density at radius 2 is 1.83 bits per heavy atom. The normalized spacial score (nSPS) is 16.5. The molecule has 0 bridgehead atoms. The second-order valence-electron chi connectivity index (χ2n) is 6.59. The fraction of sp³-hybridized carbons (Fsp3) is 0.579. The number of carbonyl (C=O) groups is 2. The van der Waals surface area contributed by atoms with Crippen LogP contribution in [0.15, 0.2) is 24.3 Å². The number of carbonyl (C=O) groups excluding carboxylic acids is 1. The van der Waals surface area contributed by atoms with Crippen molar-refractivity contribution in [2.45, 2.75) is 50.9 Å². The van der Waals surface area contributed by atoms with E-state index >= 15 is 0 Å². The van der Waals surface area contributed by atoms with Crippen molar-refractivity contribution in [2.75, 3.05) is 19.8 Å². The first-order valence-corrected chi connectivity index (χ1v) is 8.66. The van der Waals surface area contributed by atoms with E-state index in [0.717, 1.165) is 12.8 Å². The Kier molecular flexibility index (Phi) is 6.79. The predicted octanol–water partition coefficient (Wildman–Crippen LogP) is 2.80. The van der Waals surface area contributed by atoms with Gasteiger partial charge in [0, 0.05) is 38.0 Å². The largest absolute Gasteiger partial charge is 0.481 e. The lowest BCUT2D eigenvalue weighted by Gasteiger charge is -2.39. The summed E-state index contributed by atoms with van der Waals surface area (Å²) in [4.78, 5) is 22.6. The Balaban J connectivity index is 1.94. The number of unbranched alkanes of at least 4 members (excludes halogenated alkanes) is 1. The van der Waals surface area contributed by atoms with E-state index in [1.54, 1.807) is 0 Å². The van der Waals surface area contributed by atoms with Gasteiger partial charge in [-0.3, -0.25) is 9.59 Å². The summed E-state index contributed by atoms with van der Waals surface area (Å²) < 4.78 is 5.53. The second-order valence-corrected chi connectivity index (χ2v) is 6.59. The van der Waals surface area contributed by atoms with Gasteiger partial charge in [0.2, 0.25) is 5.91 Å². The molecule has 1 aliphatic rings. The van der Waals surface area contributed by atoms with E-state index in [9.17, 15) is 9.59 Å². The zero-order valence-electron chi connectivity index (χ0n) is 14.3. The number of aryl methyl sites for hydroxylation is 1.